The van der Waals surface area contributed by atoms with Gasteiger partial charge in [0.25, 0.3) is 0 Å². The standard InChI is InChI=1S/C33H51O5P/c1-2-3-4-5-6-7-10-13-19-27-37-31-25-22-26-32(33(31)30-23-17-16-18-24-30)38-28-20-14-11-8-9-12-15-21-29-39(34,35)36/h2,16-18,22-26H,1,3-15,19-21,27-29H2,(H2,34,35,36). The summed E-state index contributed by atoms with van der Waals surface area (Å²) >= 11 is 0. The van der Waals surface area contributed by atoms with Crippen LogP contribution in [0.5, 0.6) is 11.5 Å². The van der Waals surface area contributed by atoms with Crippen LogP contribution >= 0.6 is 7.60 Å². The van der Waals surface area contributed by atoms with Gasteiger partial charge in [0, 0.05) is 6.16 Å². The average molecular weight is 559 g/mol. The molecule has 0 unspecified atom stereocenters. The van der Waals surface area contributed by atoms with Crippen molar-refractivity contribution in [3.8, 4) is 22.6 Å². The van der Waals surface area contributed by atoms with Crippen molar-refractivity contribution in [2.45, 2.75) is 103 Å². The summed E-state index contributed by atoms with van der Waals surface area (Å²) in [5.74, 6) is 1.77. The SMILES string of the molecule is C=CCCCCCCCCCOc1cccc(OCCCCCCCCCCP(=O)(O)O)c1-c1ccccc1. The molecule has 0 saturated heterocycles. The molecule has 0 spiro atoms. The van der Waals surface area contributed by atoms with E-state index in [1.165, 1.54) is 38.5 Å². The number of unbranched alkanes of at least 4 members (excludes halogenated alkanes) is 14. The molecule has 0 heterocycles. The van der Waals surface area contributed by atoms with Gasteiger partial charge in [-0.05, 0) is 49.8 Å². The molecular weight excluding hydrogens is 507 g/mol. The van der Waals surface area contributed by atoms with Crippen LogP contribution in [0.25, 0.3) is 11.1 Å². The fourth-order valence-corrected chi connectivity index (χ4v) is 5.40. The average Bonchev–Trinajstić information content (AvgIpc) is 2.92. The number of ether oxygens (including phenoxy) is 2. The number of hydrogen-bond acceptors (Lipinski definition) is 3. The highest BCUT2D eigenvalue weighted by molar-refractivity contribution is 7.51. The van der Waals surface area contributed by atoms with Gasteiger partial charge in [0.2, 0.25) is 0 Å². The summed E-state index contributed by atoms with van der Waals surface area (Å²) in [6.45, 7) is 5.19. The first kappa shape index (κ1) is 33.1. The zero-order valence-electron chi connectivity index (χ0n) is 23.9. The quantitative estimate of drug-likeness (QED) is 0.0762. The molecule has 2 aromatic carbocycles. The lowest BCUT2D eigenvalue weighted by molar-refractivity contribution is 0.292. The summed E-state index contributed by atoms with van der Waals surface area (Å²) in [5.41, 5.74) is 2.15. The molecule has 0 aliphatic heterocycles. The molecule has 6 heteroatoms. The zero-order chi connectivity index (χ0) is 28.0. The molecule has 0 bridgehead atoms. The molecule has 0 aliphatic rings. The zero-order valence-corrected chi connectivity index (χ0v) is 24.8. The number of benzene rings is 2. The molecule has 0 aromatic heterocycles. The third kappa shape index (κ3) is 15.9. The third-order valence-electron chi connectivity index (χ3n) is 6.96. The van der Waals surface area contributed by atoms with Gasteiger partial charge in [-0.2, -0.15) is 0 Å². The van der Waals surface area contributed by atoms with E-state index in [0.29, 0.717) is 13.0 Å². The Morgan fingerprint density at radius 3 is 1.56 bits per heavy atom. The minimum Gasteiger partial charge on any atom is -0.493 e. The van der Waals surface area contributed by atoms with E-state index in [9.17, 15) is 4.57 Å². The van der Waals surface area contributed by atoms with Gasteiger partial charge in [0.15, 0.2) is 0 Å². The lowest BCUT2D eigenvalue weighted by atomic mass is 10.0. The van der Waals surface area contributed by atoms with Crippen molar-refractivity contribution in [1.82, 2.24) is 0 Å². The Morgan fingerprint density at radius 2 is 1.08 bits per heavy atom. The molecule has 0 radical (unpaired) electrons. The molecule has 218 valence electrons. The summed E-state index contributed by atoms with van der Waals surface area (Å²) in [5, 5.41) is 0. The Balaban J connectivity index is 1.71. The van der Waals surface area contributed by atoms with Crippen molar-refractivity contribution >= 4 is 7.60 Å². The Hall–Kier alpha value is -2.07. The Kier molecular flexibility index (Phi) is 17.7. The van der Waals surface area contributed by atoms with Crippen LogP contribution in [0.4, 0.5) is 0 Å². The third-order valence-corrected chi connectivity index (χ3v) is 7.86. The number of hydrogen-bond donors (Lipinski definition) is 2. The van der Waals surface area contributed by atoms with E-state index >= 15 is 0 Å². The Labute approximate surface area is 237 Å². The van der Waals surface area contributed by atoms with Crippen molar-refractivity contribution in [3.63, 3.8) is 0 Å². The lowest BCUT2D eigenvalue weighted by Gasteiger charge is -2.17. The van der Waals surface area contributed by atoms with Crippen molar-refractivity contribution in [2.24, 2.45) is 0 Å². The largest absolute Gasteiger partial charge is 0.493 e. The summed E-state index contributed by atoms with van der Waals surface area (Å²) < 4.78 is 23.4. The second kappa shape index (κ2) is 20.8. The Morgan fingerprint density at radius 1 is 0.615 bits per heavy atom. The van der Waals surface area contributed by atoms with Gasteiger partial charge in [-0.3, -0.25) is 4.57 Å². The van der Waals surface area contributed by atoms with E-state index in [1.807, 2.05) is 24.3 Å². The maximum atomic E-state index is 10.9. The van der Waals surface area contributed by atoms with E-state index in [1.54, 1.807) is 0 Å². The van der Waals surface area contributed by atoms with E-state index in [2.05, 4.69) is 36.9 Å². The number of allylic oxidation sites excluding steroid dienone is 1. The molecule has 2 aromatic rings. The van der Waals surface area contributed by atoms with Gasteiger partial charge in [-0.1, -0.05) is 113 Å². The van der Waals surface area contributed by atoms with Crippen molar-refractivity contribution in [2.75, 3.05) is 19.4 Å². The van der Waals surface area contributed by atoms with Crippen molar-refractivity contribution in [3.05, 3.63) is 61.2 Å². The van der Waals surface area contributed by atoms with Gasteiger partial charge in [0.1, 0.15) is 11.5 Å². The predicted octanol–water partition coefficient (Wildman–Crippen LogP) is 9.72. The predicted molar refractivity (Wildman–Crippen MR) is 164 cm³/mol. The van der Waals surface area contributed by atoms with Crippen molar-refractivity contribution in [1.29, 1.82) is 0 Å². The van der Waals surface area contributed by atoms with Crippen molar-refractivity contribution < 1.29 is 23.8 Å². The maximum Gasteiger partial charge on any atom is 0.325 e. The van der Waals surface area contributed by atoms with Crippen LogP contribution in [0, 0.1) is 0 Å². The first-order valence-corrected chi connectivity index (χ1v) is 16.9. The van der Waals surface area contributed by atoms with E-state index < -0.39 is 7.60 Å². The minimum absolute atomic E-state index is 0.0124. The van der Waals surface area contributed by atoms with Crippen LogP contribution in [0.15, 0.2) is 61.2 Å². The highest BCUT2D eigenvalue weighted by Gasteiger charge is 2.14. The Bertz CT molecular complexity index is 940. The van der Waals surface area contributed by atoms with Crippen LogP contribution in [0.2, 0.25) is 0 Å². The molecule has 5 nitrogen and oxygen atoms in total. The smallest absolute Gasteiger partial charge is 0.325 e. The summed E-state index contributed by atoms with van der Waals surface area (Å²) in [4.78, 5) is 17.8. The fraction of sp³-hybridized carbons (Fsp3) is 0.576. The van der Waals surface area contributed by atoms with Gasteiger partial charge in [0.05, 0.1) is 18.8 Å². The summed E-state index contributed by atoms with van der Waals surface area (Å²) in [6, 6.07) is 16.5. The second-order valence-electron chi connectivity index (χ2n) is 10.5. The molecule has 0 amide bonds. The lowest BCUT2D eigenvalue weighted by Crippen LogP contribution is -2.03. The highest BCUT2D eigenvalue weighted by Crippen LogP contribution is 2.39. The topological polar surface area (TPSA) is 76.0 Å². The molecule has 0 fully saturated rings. The van der Waals surface area contributed by atoms with Crippen LogP contribution in [-0.2, 0) is 4.57 Å². The van der Waals surface area contributed by atoms with Crippen LogP contribution in [-0.4, -0.2) is 29.2 Å². The van der Waals surface area contributed by atoms with Crippen LogP contribution < -0.4 is 9.47 Å². The molecule has 2 rings (SSSR count). The van der Waals surface area contributed by atoms with Crippen LogP contribution in [0.3, 0.4) is 0 Å². The highest BCUT2D eigenvalue weighted by atomic mass is 31.2. The molecular formula is C33H51O5P. The molecule has 0 atom stereocenters. The van der Waals surface area contributed by atoms with E-state index in [0.717, 1.165) is 87.0 Å². The summed E-state index contributed by atoms with van der Waals surface area (Å²) in [6.07, 6.45) is 20.0. The number of rotatable bonds is 24. The van der Waals surface area contributed by atoms with Crippen LogP contribution in [0.1, 0.15) is 103 Å². The minimum atomic E-state index is -3.83. The normalized spacial score (nSPS) is 11.4. The van der Waals surface area contributed by atoms with E-state index in [4.69, 9.17) is 19.3 Å². The molecule has 0 aliphatic carbocycles. The second-order valence-corrected chi connectivity index (χ2v) is 12.2. The molecule has 2 N–H and O–H groups in total. The fourth-order valence-electron chi connectivity index (χ4n) is 4.76. The van der Waals surface area contributed by atoms with Gasteiger partial charge in [-0.25, -0.2) is 0 Å². The molecule has 39 heavy (non-hydrogen) atoms. The maximum absolute atomic E-state index is 10.9. The molecule has 0 saturated carbocycles. The van der Waals surface area contributed by atoms with Gasteiger partial charge in [-0.15, -0.1) is 6.58 Å². The first-order chi connectivity index (χ1) is 19.0. The van der Waals surface area contributed by atoms with Gasteiger partial charge < -0.3 is 19.3 Å². The van der Waals surface area contributed by atoms with E-state index in [-0.39, 0.29) is 6.16 Å². The van der Waals surface area contributed by atoms with Gasteiger partial charge >= 0.3 is 7.60 Å². The summed E-state index contributed by atoms with van der Waals surface area (Å²) in [7, 11) is -3.83. The monoisotopic (exact) mass is 558 g/mol. The first-order valence-electron chi connectivity index (χ1n) is 15.1.